The van der Waals surface area contributed by atoms with Gasteiger partial charge in [-0.15, -0.1) is 0 Å². The van der Waals surface area contributed by atoms with Crippen molar-refractivity contribution in [1.82, 2.24) is 5.32 Å². The summed E-state index contributed by atoms with van der Waals surface area (Å²) in [5.41, 5.74) is 1.34. The number of carbonyl (C=O) groups excluding carboxylic acids is 1. The number of hydrogen-bond acceptors (Lipinski definition) is 4. The van der Waals surface area contributed by atoms with Crippen LogP contribution in [0.15, 0.2) is 48.5 Å². The van der Waals surface area contributed by atoms with E-state index in [1.165, 1.54) is 0 Å². The number of hydrogen-bond donors (Lipinski definition) is 2. The van der Waals surface area contributed by atoms with Gasteiger partial charge < -0.3 is 19.9 Å². The summed E-state index contributed by atoms with van der Waals surface area (Å²) in [6.07, 6.45) is -0.147. The largest absolute Gasteiger partial charge is 0.490 e. The van der Waals surface area contributed by atoms with Gasteiger partial charge in [0, 0.05) is 12.1 Å². The van der Waals surface area contributed by atoms with Crippen molar-refractivity contribution in [2.75, 3.05) is 19.8 Å². The highest BCUT2D eigenvalue weighted by Gasteiger charge is 2.12. The average molecular weight is 343 g/mol. The molecule has 5 nitrogen and oxygen atoms in total. The highest BCUT2D eigenvalue weighted by Crippen LogP contribution is 2.28. The van der Waals surface area contributed by atoms with Gasteiger partial charge in [-0.05, 0) is 44.0 Å². The summed E-state index contributed by atoms with van der Waals surface area (Å²) in [6, 6.07) is 14.5. The van der Waals surface area contributed by atoms with Crippen LogP contribution in [0.2, 0.25) is 0 Å². The van der Waals surface area contributed by atoms with E-state index in [0.717, 1.165) is 5.56 Å². The molecule has 0 bridgehead atoms. The zero-order chi connectivity index (χ0) is 18.1. The predicted octanol–water partition coefficient (Wildman–Crippen LogP) is 3.34. The van der Waals surface area contributed by atoms with Gasteiger partial charge in [0.1, 0.15) is 0 Å². The molecule has 134 valence electrons. The first-order valence-electron chi connectivity index (χ1n) is 8.56. The molecule has 1 unspecified atom stereocenters. The highest BCUT2D eigenvalue weighted by molar-refractivity contribution is 5.94. The van der Waals surface area contributed by atoms with Crippen molar-refractivity contribution in [3.05, 3.63) is 59.7 Å². The minimum atomic E-state index is -0.596. The monoisotopic (exact) mass is 343 g/mol. The second-order valence-electron chi connectivity index (χ2n) is 5.50. The molecule has 0 saturated heterocycles. The van der Waals surface area contributed by atoms with Gasteiger partial charge in [-0.3, -0.25) is 4.79 Å². The minimum Gasteiger partial charge on any atom is -0.490 e. The first kappa shape index (κ1) is 18.8. The molecule has 1 atom stereocenters. The van der Waals surface area contributed by atoms with Gasteiger partial charge in [0.15, 0.2) is 11.5 Å². The lowest BCUT2D eigenvalue weighted by molar-refractivity contribution is 0.0942. The Hall–Kier alpha value is -2.53. The molecule has 0 heterocycles. The number of benzene rings is 2. The molecule has 0 radical (unpaired) electrons. The lowest BCUT2D eigenvalue weighted by Gasteiger charge is -2.13. The van der Waals surface area contributed by atoms with Crippen molar-refractivity contribution in [2.24, 2.45) is 0 Å². The van der Waals surface area contributed by atoms with Crippen molar-refractivity contribution in [3.63, 3.8) is 0 Å². The standard InChI is InChI=1S/C20H25NO4/c1-3-24-18-11-10-16(14-19(18)25-4-2)20(23)21-13-12-17(22)15-8-6-5-7-9-15/h5-11,14,17,22H,3-4,12-13H2,1-2H3,(H,21,23). The Balaban J connectivity index is 1.93. The second-order valence-corrected chi connectivity index (χ2v) is 5.50. The fraction of sp³-hybridized carbons (Fsp3) is 0.350. The number of aliphatic hydroxyl groups is 1. The average Bonchev–Trinajstić information content (AvgIpc) is 2.64. The SMILES string of the molecule is CCOc1ccc(C(=O)NCCC(O)c2ccccc2)cc1OCC. The van der Waals surface area contributed by atoms with Crippen molar-refractivity contribution in [1.29, 1.82) is 0 Å². The number of carbonyl (C=O) groups is 1. The van der Waals surface area contributed by atoms with Gasteiger partial charge in [0.25, 0.3) is 5.91 Å². The molecule has 1 amide bonds. The molecule has 25 heavy (non-hydrogen) atoms. The van der Waals surface area contributed by atoms with Crippen LogP contribution < -0.4 is 14.8 Å². The molecule has 0 saturated carbocycles. The quantitative estimate of drug-likeness (QED) is 0.733. The van der Waals surface area contributed by atoms with E-state index in [4.69, 9.17) is 9.47 Å². The molecule has 0 spiro atoms. The van der Waals surface area contributed by atoms with E-state index in [2.05, 4.69) is 5.32 Å². The van der Waals surface area contributed by atoms with E-state index in [1.54, 1.807) is 18.2 Å². The van der Waals surface area contributed by atoms with E-state index in [1.807, 2.05) is 44.2 Å². The van der Waals surface area contributed by atoms with Gasteiger partial charge in [0.2, 0.25) is 0 Å². The number of rotatable bonds is 9. The van der Waals surface area contributed by atoms with Crippen molar-refractivity contribution < 1.29 is 19.4 Å². The summed E-state index contributed by atoms with van der Waals surface area (Å²) < 4.78 is 11.0. The minimum absolute atomic E-state index is 0.204. The molecule has 0 aliphatic carbocycles. The van der Waals surface area contributed by atoms with E-state index >= 15 is 0 Å². The van der Waals surface area contributed by atoms with Gasteiger partial charge in [-0.1, -0.05) is 30.3 Å². The zero-order valence-corrected chi connectivity index (χ0v) is 14.7. The normalized spacial score (nSPS) is 11.6. The first-order chi connectivity index (χ1) is 12.2. The molecule has 0 aliphatic rings. The third kappa shape index (κ3) is 5.50. The predicted molar refractivity (Wildman–Crippen MR) is 97.1 cm³/mol. The Bertz CT molecular complexity index is 673. The van der Waals surface area contributed by atoms with Crippen LogP contribution in [0, 0.1) is 0 Å². The van der Waals surface area contributed by atoms with E-state index < -0.39 is 6.10 Å². The molecule has 2 aromatic carbocycles. The van der Waals surface area contributed by atoms with Crippen molar-refractivity contribution >= 4 is 5.91 Å². The first-order valence-corrected chi connectivity index (χ1v) is 8.56. The van der Waals surface area contributed by atoms with Gasteiger partial charge >= 0.3 is 0 Å². The Kier molecular flexibility index (Phi) is 7.29. The lowest BCUT2D eigenvalue weighted by Crippen LogP contribution is -2.25. The number of nitrogens with one attached hydrogen (secondary N) is 1. The van der Waals surface area contributed by atoms with E-state index in [0.29, 0.717) is 43.2 Å². The molecule has 0 fully saturated rings. The number of aliphatic hydroxyl groups excluding tert-OH is 1. The zero-order valence-electron chi connectivity index (χ0n) is 14.7. The third-order valence-corrected chi connectivity index (χ3v) is 3.69. The fourth-order valence-electron chi connectivity index (χ4n) is 2.46. The molecule has 5 heteroatoms. The van der Waals surface area contributed by atoms with Crippen LogP contribution in [0.1, 0.15) is 42.3 Å². The fourth-order valence-corrected chi connectivity index (χ4v) is 2.46. The topological polar surface area (TPSA) is 67.8 Å². The molecule has 2 N–H and O–H groups in total. The van der Waals surface area contributed by atoms with Gasteiger partial charge in [0.05, 0.1) is 19.3 Å². The molecule has 0 aromatic heterocycles. The Morgan fingerprint density at radius 1 is 1.04 bits per heavy atom. The highest BCUT2D eigenvalue weighted by atomic mass is 16.5. The van der Waals surface area contributed by atoms with E-state index in [-0.39, 0.29) is 5.91 Å². The van der Waals surface area contributed by atoms with Crippen LogP contribution in [-0.4, -0.2) is 30.8 Å². The summed E-state index contributed by atoms with van der Waals surface area (Å²) >= 11 is 0. The van der Waals surface area contributed by atoms with Crippen LogP contribution in [-0.2, 0) is 0 Å². The number of ether oxygens (including phenoxy) is 2. The third-order valence-electron chi connectivity index (χ3n) is 3.69. The Morgan fingerprint density at radius 3 is 2.40 bits per heavy atom. The maximum Gasteiger partial charge on any atom is 0.251 e. The summed E-state index contributed by atoms with van der Waals surface area (Å²) in [4.78, 5) is 12.3. The van der Waals surface area contributed by atoms with Crippen molar-refractivity contribution in [2.45, 2.75) is 26.4 Å². The van der Waals surface area contributed by atoms with Crippen LogP contribution in [0.5, 0.6) is 11.5 Å². The molecule has 2 rings (SSSR count). The maximum absolute atomic E-state index is 12.3. The van der Waals surface area contributed by atoms with Crippen LogP contribution in [0.4, 0.5) is 0 Å². The summed E-state index contributed by atoms with van der Waals surface area (Å²) in [6.45, 7) is 5.19. The molecular weight excluding hydrogens is 318 g/mol. The van der Waals surface area contributed by atoms with Crippen LogP contribution in [0.25, 0.3) is 0 Å². The maximum atomic E-state index is 12.3. The molecule has 0 aliphatic heterocycles. The Labute approximate surface area is 148 Å². The Morgan fingerprint density at radius 2 is 1.72 bits per heavy atom. The number of amides is 1. The molecule has 2 aromatic rings. The summed E-state index contributed by atoms with van der Waals surface area (Å²) in [5.74, 6) is 0.978. The van der Waals surface area contributed by atoms with Gasteiger partial charge in [-0.2, -0.15) is 0 Å². The van der Waals surface area contributed by atoms with Crippen molar-refractivity contribution in [3.8, 4) is 11.5 Å². The summed E-state index contributed by atoms with van der Waals surface area (Å²) in [7, 11) is 0. The van der Waals surface area contributed by atoms with Crippen LogP contribution in [0.3, 0.4) is 0 Å². The molecular formula is C20H25NO4. The summed E-state index contributed by atoms with van der Waals surface area (Å²) in [5, 5.41) is 13.0. The van der Waals surface area contributed by atoms with Crippen LogP contribution >= 0.6 is 0 Å². The van der Waals surface area contributed by atoms with Gasteiger partial charge in [-0.25, -0.2) is 0 Å². The second kappa shape index (κ2) is 9.69. The lowest BCUT2D eigenvalue weighted by atomic mass is 10.1. The smallest absolute Gasteiger partial charge is 0.251 e. The van der Waals surface area contributed by atoms with E-state index in [9.17, 15) is 9.90 Å².